The Morgan fingerprint density at radius 1 is 1.12 bits per heavy atom. The zero-order chi connectivity index (χ0) is 23.9. The predicted molar refractivity (Wildman–Crippen MR) is 137 cm³/mol. The van der Waals surface area contributed by atoms with Crippen molar-refractivity contribution in [1.82, 2.24) is 4.98 Å². The highest BCUT2D eigenvalue weighted by atomic mass is 32.2. The average Bonchev–Trinajstić information content (AvgIpc) is 3.19. The van der Waals surface area contributed by atoms with Crippen LogP contribution in [-0.4, -0.2) is 40.4 Å². The van der Waals surface area contributed by atoms with Gasteiger partial charge in [0.15, 0.2) is 0 Å². The molecule has 4 aliphatic carbocycles. The molecule has 0 radical (unpaired) electrons. The quantitative estimate of drug-likeness (QED) is 0.468. The van der Waals surface area contributed by atoms with Gasteiger partial charge in [0.1, 0.15) is 5.78 Å². The van der Waals surface area contributed by atoms with Crippen molar-refractivity contribution >= 4 is 17.5 Å². The molecule has 4 aliphatic rings. The molecule has 5 heteroatoms. The first-order valence-corrected chi connectivity index (χ1v) is 14.7. The molecule has 1 unspecified atom stereocenters. The minimum Gasteiger partial charge on any atom is -0.390 e. The lowest BCUT2D eigenvalue weighted by atomic mass is 9.44. The Morgan fingerprint density at radius 2 is 1.88 bits per heavy atom. The van der Waals surface area contributed by atoms with Crippen LogP contribution in [0.4, 0.5) is 0 Å². The highest BCUT2D eigenvalue weighted by molar-refractivity contribution is 8.00. The van der Waals surface area contributed by atoms with E-state index in [2.05, 4.69) is 25.8 Å². The smallest absolute Gasteiger partial charge is 0.146 e. The van der Waals surface area contributed by atoms with Crippen LogP contribution in [0.1, 0.15) is 78.6 Å². The molecule has 34 heavy (non-hydrogen) atoms. The molecule has 0 bridgehead atoms. The number of carbonyl (C=O) groups excluding carboxylic acids is 1. The van der Waals surface area contributed by atoms with Gasteiger partial charge in [-0.25, -0.2) is 0 Å². The summed E-state index contributed by atoms with van der Waals surface area (Å²) in [5, 5.41) is 10.8. The van der Waals surface area contributed by atoms with Gasteiger partial charge in [-0.2, -0.15) is 0 Å². The molecule has 4 nitrogen and oxygen atoms in total. The van der Waals surface area contributed by atoms with Gasteiger partial charge in [-0.3, -0.25) is 9.78 Å². The monoisotopic (exact) mass is 485 g/mol. The van der Waals surface area contributed by atoms with Crippen molar-refractivity contribution in [1.29, 1.82) is 0 Å². The van der Waals surface area contributed by atoms with E-state index in [1.165, 1.54) is 32.1 Å². The Labute approximate surface area is 210 Å². The van der Waals surface area contributed by atoms with E-state index in [9.17, 15) is 9.90 Å². The summed E-state index contributed by atoms with van der Waals surface area (Å²) in [5.41, 5.74) is 0.424. The summed E-state index contributed by atoms with van der Waals surface area (Å²) in [6, 6.07) is 4.00. The molecule has 0 amide bonds. The number of Topliss-reactive ketones (excluding diaryl/α,β-unsaturated/α-hetero) is 1. The lowest BCUT2D eigenvalue weighted by Crippen LogP contribution is -2.57. The average molecular weight is 486 g/mol. The molecular weight excluding hydrogens is 442 g/mol. The molecule has 0 spiro atoms. The third-order valence-corrected chi connectivity index (χ3v) is 11.7. The number of nitrogens with zero attached hydrogens (tertiary/aromatic N) is 1. The molecule has 0 saturated heterocycles. The van der Waals surface area contributed by atoms with E-state index in [4.69, 9.17) is 4.74 Å². The van der Waals surface area contributed by atoms with Crippen molar-refractivity contribution < 1.29 is 14.6 Å². The van der Waals surface area contributed by atoms with Crippen LogP contribution in [0, 0.1) is 40.4 Å². The van der Waals surface area contributed by atoms with Crippen LogP contribution in [0.15, 0.2) is 29.4 Å². The molecule has 1 heterocycles. The summed E-state index contributed by atoms with van der Waals surface area (Å²) in [7, 11) is 0. The summed E-state index contributed by atoms with van der Waals surface area (Å²) in [4.78, 5) is 18.7. The number of carbonyl (C=O) groups is 1. The lowest BCUT2D eigenvalue weighted by Gasteiger charge is -2.61. The molecule has 9 atom stereocenters. The first-order valence-electron chi connectivity index (χ1n) is 13.7. The van der Waals surface area contributed by atoms with Gasteiger partial charge in [-0.1, -0.05) is 20.8 Å². The fourth-order valence-electron chi connectivity index (χ4n) is 8.91. The number of aromatic nitrogens is 1. The van der Waals surface area contributed by atoms with E-state index in [0.717, 1.165) is 43.1 Å². The van der Waals surface area contributed by atoms with Crippen LogP contribution in [-0.2, 0) is 9.53 Å². The van der Waals surface area contributed by atoms with Crippen LogP contribution < -0.4 is 0 Å². The Bertz CT molecular complexity index is 864. The number of pyridine rings is 1. The number of ketones is 1. The first-order chi connectivity index (χ1) is 16.4. The van der Waals surface area contributed by atoms with Gasteiger partial charge in [0.05, 0.1) is 18.0 Å². The van der Waals surface area contributed by atoms with Crippen LogP contribution in [0.25, 0.3) is 0 Å². The maximum atomic E-state index is 13.4. The van der Waals surface area contributed by atoms with Crippen molar-refractivity contribution in [2.75, 3.05) is 12.4 Å². The Kier molecular flexibility index (Phi) is 7.18. The van der Waals surface area contributed by atoms with E-state index >= 15 is 0 Å². The Morgan fingerprint density at radius 3 is 2.65 bits per heavy atom. The van der Waals surface area contributed by atoms with Crippen LogP contribution in [0.5, 0.6) is 0 Å². The molecule has 5 rings (SSSR count). The van der Waals surface area contributed by atoms with Crippen molar-refractivity contribution in [3.05, 3.63) is 24.5 Å². The third-order valence-electron chi connectivity index (χ3n) is 10.6. The van der Waals surface area contributed by atoms with Gasteiger partial charge in [0, 0.05) is 29.8 Å². The van der Waals surface area contributed by atoms with Crippen molar-refractivity contribution in [3.8, 4) is 0 Å². The second-order valence-corrected chi connectivity index (χ2v) is 13.2. The van der Waals surface area contributed by atoms with Crippen molar-refractivity contribution in [2.45, 2.75) is 95.7 Å². The molecule has 1 aromatic heterocycles. The molecule has 188 valence electrons. The molecular formula is C29H43NO3S. The highest BCUT2D eigenvalue weighted by Crippen LogP contribution is 2.67. The topological polar surface area (TPSA) is 59.4 Å². The zero-order valence-electron chi connectivity index (χ0n) is 21.2. The van der Waals surface area contributed by atoms with Gasteiger partial charge in [-0.05, 0) is 104 Å². The SMILES string of the molecule is CCCOC1C[C@@]2(C)[C@@H](CC[C@@H]3[C@@H]2CC[C@]2(C)[C@@H](C(=O)CSc4ccncc4)CC[C@@H]32)C[C@@H]1O. The number of hydrogen-bond donors (Lipinski definition) is 1. The molecule has 4 saturated carbocycles. The van der Waals surface area contributed by atoms with E-state index in [-0.39, 0.29) is 29.0 Å². The van der Waals surface area contributed by atoms with Gasteiger partial charge >= 0.3 is 0 Å². The molecule has 0 aromatic carbocycles. The molecule has 1 aromatic rings. The fraction of sp³-hybridized carbons (Fsp3) is 0.793. The van der Waals surface area contributed by atoms with Crippen LogP contribution in [0.3, 0.4) is 0 Å². The Hall–Kier alpha value is -0.910. The van der Waals surface area contributed by atoms with Gasteiger partial charge in [0.2, 0.25) is 0 Å². The summed E-state index contributed by atoms with van der Waals surface area (Å²) < 4.78 is 6.16. The summed E-state index contributed by atoms with van der Waals surface area (Å²) in [5.74, 6) is 3.98. The normalized spacial score (nSPS) is 43.6. The number of hydrogen-bond acceptors (Lipinski definition) is 5. The van der Waals surface area contributed by atoms with Crippen LogP contribution in [0.2, 0.25) is 0 Å². The maximum absolute atomic E-state index is 13.4. The number of ether oxygens (including phenoxy) is 1. The van der Waals surface area contributed by atoms with Gasteiger partial charge in [-0.15, -0.1) is 11.8 Å². The van der Waals surface area contributed by atoms with E-state index in [1.807, 2.05) is 12.1 Å². The summed E-state index contributed by atoms with van der Waals surface area (Å²) in [6.45, 7) is 7.87. The maximum Gasteiger partial charge on any atom is 0.146 e. The van der Waals surface area contributed by atoms with Crippen molar-refractivity contribution in [3.63, 3.8) is 0 Å². The van der Waals surface area contributed by atoms with Crippen LogP contribution >= 0.6 is 11.8 Å². The highest BCUT2D eigenvalue weighted by Gasteiger charge is 2.62. The summed E-state index contributed by atoms with van der Waals surface area (Å²) in [6.07, 6.45) is 13.4. The second-order valence-electron chi connectivity index (χ2n) is 12.2. The summed E-state index contributed by atoms with van der Waals surface area (Å²) >= 11 is 1.67. The Balaban J connectivity index is 1.29. The minimum absolute atomic E-state index is 0.00336. The molecule has 4 fully saturated rings. The largest absolute Gasteiger partial charge is 0.390 e. The zero-order valence-corrected chi connectivity index (χ0v) is 22.1. The van der Waals surface area contributed by atoms with E-state index < -0.39 is 0 Å². The van der Waals surface area contributed by atoms with Gasteiger partial charge < -0.3 is 9.84 Å². The number of rotatable bonds is 7. The number of aliphatic hydroxyl groups is 1. The fourth-order valence-corrected chi connectivity index (χ4v) is 9.73. The minimum atomic E-state index is -0.304. The number of fused-ring (bicyclic) bond motifs is 5. The number of aliphatic hydroxyl groups excluding tert-OH is 1. The molecule has 1 N–H and O–H groups in total. The first kappa shape index (κ1) is 24.8. The predicted octanol–water partition coefficient (Wildman–Crippen LogP) is 6.17. The second kappa shape index (κ2) is 9.86. The van der Waals surface area contributed by atoms with Crippen molar-refractivity contribution in [2.24, 2.45) is 40.4 Å². The lowest BCUT2D eigenvalue weighted by molar-refractivity contribution is -0.172. The standard InChI is InChI=1S/C29H43NO3S/c1-4-15-33-27-17-29(3)19(16-25(27)31)5-6-21-22-7-8-24(28(22,2)12-9-23(21)29)26(32)18-34-20-10-13-30-14-11-20/h10-11,13-14,19,21-25,27,31H,4-9,12,15-18H2,1-3H3/t19-,21-,22-,23-,24+,25-,27?,28-,29-/m0/s1. The van der Waals surface area contributed by atoms with Gasteiger partial charge in [0.25, 0.3) is 0 Å². The van der Waals surface area contributed by atoms with E-state index in [1.54, 1.807) is 24.2 Å². The number of thioether (sulfide) groups is 1. The third kappa shape index (κ3) is 4.28. The van der Waals surface area contributed by atoms with E-state index in [0.29, 0.717) is 29.3 Å². The molecule has 0 aliphatic heterocycles.